The molecule has 0 bridgehead atoms. The zero-order chi connectivity index (χ0) is 30.7. The van der Waals surface area contributed by atoms with Crippen LogP contribution in [-0.4, -0.2) is 34.3 Å². The number of nitrogens with one attached hydrogen (secondary N) is 1. The normalized spacial score (nSPS) is 11.7. The summed E-state index contributed by atoms with van der Waals surface area (Å²) in [6.07, 6.45) is 5.64. The van der Waals surface area contributed by atoms with Crippen molar-refractivity contribution in [1.29, 1.82) is 0 Å². The van der Waals surface area contributed by atoms with Crippen LogP contribution in [0.4, 0.5) is 5.69 Å². The Bertz CT molecular complexity index is 1930. The zero-order valence-electron chi connectivity index (χ0n) is 23.2. The number of rotatable bonds is 9. The molecule has 0 radical (unpaired) electrons. The number of aromatic carboxylic acids is 1. The number of hydrogen-bond donors (Lipinski definition) is 2. The molecule has 1 aromatic heterocycles. The van der Waals surface area contributed by atoms with Gasteiger partial charge in [-0.3, -0.25) is 9.29 Å². The maximum absolute atomic E-state index is 12.3. The molecule has 2 N–H and O–H groups in total. The van der Waals surface area contributed by atoms with Crippen LogP contribution in [0.1, 0.15) is 35.6 Å². The van der Waals surface area contributed by atoms with Gasteiger partial charge in [0.25, 0.3) is 0 Å². The highest BCUT2D eigenvalue weighted by molar-refractivity contribution is 7.93. The number of carboxylic acid groups (broad SMARTS) is 1. The van der Waals surface area contributed by atoms with Crippen molar-refractivity contribution in [3.8, 4) is 28.1 Å². The molecule has 43 heavy (non-hydrogen) atoms. The smallest absolute Gasteiger partial charge is 0.335 e. The van der Waals surface area contributed by atoms with Crippen LogP contribution in [0, 0.1) is 0 Å². The van der Waals surface area contributed by atoms with Gasteiger partial charge >= 0.3 is 5.97 Å². The van der Waals surface area contributed by atoms with Crippen LogP contribution >= 0.6 is 23.2 Å². The molecule has 0 aliphatic heterocycles. The van der Waals surface area contributed by atoms with Crippen LogP contribution in [0.15, 0.2) is 97.2 Å². The summed E-state index contributed by atoms with van der Waals surface area (Å²) in [5.41, 5.74) is 5.50. The lowest BCUT2D eigenvalue weighted by atomic mass is 10.0. The predicted octanol–water partition coefficient (Wildman–Crippen LogP) is 8.53. The lowest BCUT2D eigenvalue weighted by molar-refractivity contribution is 0.0697. The van der Waals surface area contributed by atoms with Gasteiger partial charge in [-0.1, -0.05) is 65.7 Å². The molecular formula is C33H27Cl2N3O4S. The second-order valence-corrected chi connectivity index (χ2v) is 13.1. The van der Waals surface area contributed by atoms with Crippen LogP contribution in [0.2, 0.25) is 10.0 Å². The Balaban J connectivity index is 1.45. The molecule has 10 heteroatoms. The van der Waals surface area contributed by atoms with E-state index in [2.05, 4.69) is 4.72 Å². The Labute approximate surface area is 260 Å². The number of anilines is 1. The predicted molar refractivity (Wildman–Crippen MR) is 174 cm³/mol. The average Bonchev–Trinajstić information content (AvgIpc) is 3.40. The first kappa shape index (κ1) is 30.1. The summed E-state index contributed by atoms with van der Waals surface area (Å²) in [6.45, 7) is 3.26. The van der Waals surface area contributed by atoms with E-state index in [9.17, 15) is 18.3 Å². The maximum Gasteiger partial charge on any atom is 0.335 e. The van der Waals surface area contributed by atoms with Crippen molar-refractivity contribution in [1.82, 2.24) is 9.55 Å². The van der Waals surface area contributed by atoms with Crippen molar-refractivity contribution in [2.45, 2.75) is 19.1 Å². The van der Waals surface area contributed by atoms with E-state index >= 15 is 0 Å². The summed E-state index contributed by atoms with van der Waals surface area (Å²) < 4.78 is 29.1. The van der Waals surface area contributed by atoms with Crippen LogP contribution in [0.3, 0.4) is 0 Å². The first-order valence-electron chi connectivity index (χ1n) is 13.3. The number of sulfonamides is 1. The highest BCUT2D eigenvalue weighted by atomic mass is 35.5. The number of carbonyl (C=O) groups is 1. The Morgan fingerprint density at radius 1 is 0.907 bits per heavy atom. The molecule has 0 amide bonds. The van der Waals surface area contributed by atoms with E-state index in [1.807, 2.05) is 59.3 Å². The van der Waals surface area contributed by atoms with Gasteiger partial charge in [0.2, 0.25) is 10.0 Å². The number of hydrogen-bond acceptors (Lipinski definition) is 4. The average molecular weight is 633 g/mol. The fourth-order valence-corrected chi connectivity index (χ4v) is 5.51. The standard InChI is InChI=1S/C33H27Cl2N3O4S/c1-21(2)43(41,42)37-27-5-3-4-25(18-27)23-9-6-22(7-10-23)8-17-32-36-31(29-16-13-26(34)19-30(29)35)20-38(32)28-14-11-24(12-15-28)33(39)40/h3-21,37H,1-2H3,(H,39,40)/b17-8+. The van der Waals surface area contributed by atoms with Crippen molar-refractivity contribution in [2.24, 2.45) is 0 Å². The topological polar surface area (TPSA) is 101 Å². The number of imidazole rings is 1. The Kier molecular flexibility index (Phi) is 8.73. The van der Waals surface area contributed by atoms with Crippen LogP contribution in [0.25, 0.3) is 40.2 Å². The van der Waals surface area contributed by atoms with Crippen molar-refractivity contribution in [3.05, 3.63) is 124 Å². The molecule has 0 atom stereocenters. The molecule has 0 aliphatic carbocycles. The van der Waals surface area contributed by atoms with Crippen molar-refractivity contribution >= 4 is 57.0 Å². The molecule has 5 aromatic rings. The van der Waals surface area contributed by atoms with E-state index in [-0.39, 0.29) is 5.56 Å². The van der Waals surface area contributed by atoms with Gasteiger partial charge in [-0.15, -0.1) is 0 Å². The van der Waals surface area contributed by atoms with Gasteiger partial charge in [-0.25, -0.2) is 18.2 Å². The molecule has 7 nitrogen and oxygen atoms in total. The molecule has 0 unspecified atom stereocenters. The third kappa shape index (κ3) is 7.00. The van der Waals surface area contributed by atoms with E-state index in [0.717, 1.165) is 22.4 Å². The van der Waals surface area contributed by atoms with Crippen molar-refractivity contribution in [2.75, 3.05) is 4.72 Å². The van der Waals surface area contributed by atoms with E-state index in [1.54, 1.807) is 68.4 Å². The highest BCUT2D eigenvalue weighted by Crippen LogP contribution is 2.31. The van der Waals surface area contributed by atoms with E-state index in [0.29, 0.717) is 32.8 Å². The molecule has 0 fully saturated rings. The van der Waals surface area contributed by atoms with E-state index in [4.69, 9.17) is 28.2 Å². The summed E-state index contributed by atoms with van der Waals surface area (Å²) in [5, 5.41) is 9.75. The molecule has 218 valence electrons. The third-order valence-corrected chi connectivity index (χ3v) is 9.05. The third-order valence-electron chi connectivity index (χ3n) is 6.74. The van der Waals surface area contributed by atoms with E-state index < -0.39 is 21.2 Å². The van der Waals surface area contributed by atoms with Crippen LogP contribution in [0.5, 0.6) is 0 Å². The van der Waals surface area contributed by atoms with Gasteiger partial charge in [-0.2, -0.15) is 0 Å². The number of aromatic nitrogens is 2. The second kappa shape index (κ2) is 12.5. The van der Waals surface area contributed by atoms with Gasteiger partial charge in [-0.05, 0) is 91.2 Å². The minimum atomic E-state index is -3.45. The van der Waals surface area contributed by atoms with Crippen molar-refractivity contribution < 1.29 is 18.3 Å². The monoisotopic (exact) mass is 631 g/mol. The lowest BCUT2D eigenvalue weighted by Gasteiger charge is -2.12. The highest BCUT2D eigenvalue weighted by Gasteiger charge is 2.16. The van der Waals surface area contributed by atoms with Crippen LogP contribution < -0.4 is 4.72 Å². The molecule has 0 aliphatic rings. The SMILES string of the molecule is CC(C)S(=O)(=O)Nc1cccc(-c2ccc(/C=C/c3nc(-c4ccc(Cl)cc4Cl)cn3-c3ccc(C(=O)O)cc3)cc2)c1. The molecule has 4 aromatic carbocycles. The molecule has 5 rings (SSSR count). The molecule has 0 spiro atoms. The zero-order valence-corrected chi connectivity index (χ0v) is 25.5. The first-order chi connectivity index (χ1) is 20.5. The Morgan fingerprint density at radius 3 is 2.28 bits per heavy atom. The molecular weight excluding hydrogens is 605 g/mol. The minimum absolute atomic E-state index is 0.185. The fraction of sp³-hybridized carbons (Fsp3) is 0.0909. The number of carboxylic acids is 1. The van der Waals surface area contributed by atoms with E-state index in [1.165, 1.54) is 0 Å². The summed E-state index contributed by atoms with van der Waals surface area (Å²) in [7, 11) is -3.45. The lowest BCUT2D eigenvalue weighted by Crippen LogP contribution is -2.22. The maximum atomic E-state index is 12.3. The van der Waals surface area contributed by atoms with Gasteiger partial charge < -0.3 is 5.11 Å². The first-order valence-corrected chi connectivity index (χ1v) is 15.6. The summed E-state index contributed by atoms with van der Waals surface area (Å²) >= 11 is 12.6. The molecule has 1 heterocycles. The van der Waals surface area contributed by atoms with Gasteiger partial charge in [0.1, 0.15) is 5.82 Å². The van der Waals surface area contributed by atoms with Gasteiger partial charge in [0.05, 0.1) is 21.5 Å². The van der Waals surface area contributed by atoms with Gasteiger partial charge in [0, 0.05) is 28.2 Å². The van der Waals surface area contributed by atoms with Gasteiger partial charge in [0.15, 0.2) is 0 Å². The second-order valence-electron chi connectivity index (χ2n) is 10.1. The molecule has 0 saturated carbocycles. The quantitative estimate of drug-likeness (QED) is 0.170. The Morgan fingerprint density at radius 2 is 1.63 bits per heavy atom. The summed E-state index contributed by atoms with van der Waals surface area (Å²) in [4.78, 5) is 16.2. The largest absolute Gasteiger partial charge is 0.478 e. The summed E-state index contributed by atoms with van der Waals surface area (Å²) in [5.74, 6) is -0.392. The number of nitrogens with zero attached hydrogens (tertiary/aromatic N) is 2. The summed E-state index contributed by atoms with van der Waals surface area (Å²) in [6, 6.07) is 26.9. The minimum Gasteiger partial charge on any atom is -0.478 e. The number of halogens is 2. The fourth-order valence-electron chi connectivity index (χ4n) is 4.31. The molecule has 0 saturated heterocycles. The van der Waals surface area contributed by atoms with Crippen molar-refractivity contribution in [3.63, 3.8) is 0 Å². The Hall–Kier alpha value is -4.37. The van der Waals surface area contributed by atoms with Crippen LogP contribution in [-0.2, 0) is 10.0 Å². The number of benzene rings is 4.